The van der Waals surface area contributed by atoms with Crippen molar-refractivity contribution in [1.29, 1.82) is 0 Å². The Hall–Kier alpha value is -1.81. The van der Waals surface area contributed by atoms with Gasteiger partial charge in [0.25, 0.3) is 17.7 Å². The van der Waals surface area contributed by atoms with Gasteiger partial charge >= 0.3 is 0 Å². The van der Waals surface area contributed by atoms with Gasteiger partial charge in [0.2, 0.25) is 0 Å². The number of benzene rings is 2. The number of fused-ring (bicyclic) bond motifs is 1. The first kappa shape index (κ1) is 27.2. The van der Waals surface area contributed by atoms with Crippen LogP contribution in [-0.2, 0) is 9.59 Å². The van der Waals surface area contributed by atoms with E-state index in [0.29, 0.717) is 17.9 Å². The average Bonchev–Trinajstić information content (AvgIpc) is 3.08. The largest absolute Gasteiger partial charge is 0.292 e. The minimum absolute atomic E-state index is 0.0297. The normalized spacial score (nSPS) is 24.4. The number of rotatable bonds is 7. The topological polar surface area (TPSA) is 74.8 Å². The second-order valence-corrected chi connectivity index (χ2v) is 11.9. The number of carbonyl (C=O) groups excluding carboxylic acids is 4. The van der Waals surface area contributed by atoms with E-state index in [2.05, 4.69) is 31.9 Å². The molecule has 6 nitrogen and oxygen atoms in total. The molecule has 190 valence electrons. The number of Topliss-reactive ketones (excluding diaryl/α,β-unsaturated/α-hetero) is 1. The fourth-order valence-corrected chi connectivity index (χ4v) is 6.23. The Morgan fingerprint density at radius 1 is 0.944 bits per heavy atom. The molecule has 1 aliphatic heterocycles. The zero-order chi connectivity index (χ0) is 26.1. The van der Waals surface area contributed by atoms with E-state index in [1.54, 1.807) is 0 Å². The number of amides is 3. The Morgan fingerprint density at radius 3 is 1.94 bits per heavy atom. The van der Waals surface area contributed by atoms with Crippen molar-refractivity contribution < 1.29 is 23.6 Å². The molecule has 36 heavy (non-hydrogen) atoms. The second-order valence-electron chi connectivity index (χ2n) is 8.73. The molecule has 3 amide bonds. The predicted molar refractivity (Wildman–Crippen MR) is 141 cm³/mol. The highest BCUT2D eigenvalue weighted by Gasteiger charge is 2.56. The molecule has 4 rings (SSSR count). The summed E-state index contributed by atoms with van der Waals surface area (Å²) in [6, 6.07) is 9.49. The highest BCUT2D eigenvalue weighted by Crippen LogP contribution is 2.44. The van der Waals surface area contributed by atoms with Gasteiger partial charge in [0.15, 0.2) is 5.78 Å². The van der Waals surface area contributed by atoms with Crippen molar-refractivity contribution in [3.05, 3.63) is 70.5 Å². The Balaban J connectivity index is 1.80. The molecule has 0 aromatic heterocycles. The van der Waals surface area contributed by atoms with E-state index in [9.17, 15) is 23.6 Å². The molecule has 0 bridgehead atoms. The monoisotopic (exact) mass is 660 g/mol. The molecule has 1 heterocycles. The molecule has 1 saturated carbocycles. The Morgan fingerprint density at radius 2 is 1.44 bits per heavy atom. The average molecular weight is 663 g/mol. The van der Waals surface area contributed by atoms with Crippen LogP contribution in [0.4, 0.5) is 4.39 Å². The van der Waals surface area contributed by atoms with Crippen molar-refractivity contribution in [2.24, 2.45) is 11.8 Å². The number of ketones is 1. The van der Waals surface area contributed by atoms with Crippen LogP contribution in [0.5, 0.6) is 0 Å². The van der Waals surface area contributed by atoms with Crippen molar-refractivity contribution in [1.82, 2.24) is 10.0 Å². The number of alkyl halides is 3. The summed E-state index contributed by atoms with van der Waals surface area (Å²) in [7, 11) is 0. The van der Waals surface area contributed by atoms with Gasteiger partial charge < -0.3 is 0 Å². The summed E-state index contributed by atoms with van der Waals surface area (Å²) in [6.45, 7) is 0. The lowest BCUT2D eigenvalue weighted by Crippen LogP contribution is -2.57. The van der Waals surface area contributed by atoms with Crippen LogP contribution in [0.3, 0.4) is 0 Å². The summed E-state index contributed by atoms with van der Waals surface area (Å²) in [4.78, 5) is 54.6. The summed E-state index contributed by atoms with van der Waals surface area (Å²) in [5.74, 6) is -4.18. The highest BCUT2D eigenvalue weighted by molar-refractivity contribution is 9.12. The van der Waals surface area contributed by atoms with Gasteiger partial charge in [-0.1, -0.05) is 43.5 Å². The summed E-state index contributed by atoms with van der Waals surface area (Å²) in [6.07, 6.45) is 0.763. The van der Waals surface area contributed by atoms with Gasteiger partial charge in [-0.25, -0.2) is 9.40 Å². The molecule has 0 spiro atoms. The van der Waals surface area contributed by atoms with Crippen LogP contribution in [-0.4, -0.2) is 55.1 Å². The lowest BCUT2D eigenvalue weighted by molar-refractivity contribution is -0.156. The quantitative estimate of drug-likeness (QED) is 0.219. The Bertz CT molecular complexity index is 1150. The third kappa shape index (κ3) is 5.26. The molecular formula is C25H21Br2Cl2FN2O4. The maximum atomic E-state index is 13.8. The third-order valence-corrected chi connectivity index (χ3v) is 9.72. The lowest BCUT2D eigenvalue weighted by Gasteiger charge is -2.36. The van der Waals surface area contributed by atoms with Crippen molar-refractivity contribution in [2.45, 2.75) is 35.0 Å². The Kier molecular flexibility index (Phi) is 8.54. The fourth-order valence-electron chi connectivity index (χ4n) is 4.66. The maximum absolute atomic E-state index is 13.8. The lowest BCUT2D eigenvalue weighted by atomic mass is 9.81. The number of hydrogen-bond acceptors (Lipinski definition) is 4. The number of imide groups is 1. The number of hydrogen-bond donors (Lipinski definition) is 0. The van der Waals surface area contributed by atoms with Gasteiger partial charge in [0, 0.05) is 31.7 Å². The molecule has 0 unspecified atom stereocenters. The zero-order valence-corrected chi connectivity index (χ0v) is 23.4. The zero-order valence-electron chi connectivity index (χ0n) is 18.8. The van der Waals surface area contributed by atoms with E-state index in [0.717, 1.165) is 22.2 Å². The molecule has 1 aliphatic carbocycles. The molecule has 1 saturated heterocycles. The van der Waals surface area contributed by atoms with E-state index in [-0.39, 0.29) is 33.1 Å². The van der Waals surface area contributed by atoms with E-state index in [1.807, 2.05) is 0 Å². The molecule has 2 aromatic rings. The van der Waals surface area contributed by atoms with Crippen LogP contribution in [0, 0.1) is 17.7 Å². The summed E-state index contributed by atoms with van der Waals surface area (Å²) in [5.41, 5.74) is 0.260. The molecule has 5 atom stereocenters. The predicted octanol–water partition coefficient (Wildman–Crippen LogP) is 5.64. The van der Waals surface area contributed by atoms with Crippen LogP contribution < -0.4 is 0 Å². The fraction of sp³-hybridized carbons (Fsp3) is 0.360. The van der Waals surface area contributed by atoms with Crippen molar-refractivity contribution in [3.63, 3.8) is 0 Å². The van der Waals surface area contributed by atoms with Crippen molar-refractivity contribution in [2.75, 3.05) is 5.88 Å². The number of carbonyl (C=O) groups is 4. The first-order valence-corrected chi connectivity index (χ1v) is 14.0. The number of nitrogens with zero attached hydrogens (tertiary/aromatic N) is 2. The minimum atomic E-state index is -1.27. The van der Waals surface area contributed by atoms with Crippen molar-refractivity contribution >= 4 is 78.6 Å². The second kappa shape index (κ2) is 11.3. The smallest absolute Gasteiger partial charge is 0.273 e. The Labute approximate surface area is 234 Å². The van der Waals surface area contributed by atoms with Crippen LogP contribution in [0.1, 0.15) is 40.0 Å². The van der Waals surface area contributed by atoms with Gasteiger partial charge in [-0.2, -0.15) is 5.01 Å². The van der Waals surface area contributed by atoms with Gasteiger partial charge in [0.1, 0.15) is 11.9 Å². The molecule has 0 N–H and O–H groups in total. The van der Waals surface area contributed by atoms with Gasteiger partial charge in [0.05, 0.1) is 11.8 Å². The number of hydrazine groups is 1. The summed E-state index contributed by atoms with van der Waals surface area (Å²) >= 11 is 19.1. The van der Waals surface area contributed by atoms with E-state index < -0.39 is 47.2 Å². The molecule has 2 fully saturated rings. The summed E-state index contributed by atoms with van der Waals surface area (Å²) < 4.78 is 13.5. The first-order valence-electron chi connectivity index (χ1n) is 11.2. The maximum Gasteiger partial charge on any atom is 0.273 e. The third-order valence-electron chi connectivity index (χ3n) is 6.51. The highest BCUT2D eigenvalue weighted by atomic mass is 79.9. The van der Waals surface area contributed by atoms with Gasteiger partial charge in [-0.05, 0) is 67.8 Å². The van der Waals surface area contributed by atoms with Crippen LogP contribution in [0.2, 0.25) is 5.02 Å². The SMILES string of the molecule is O=C(c1ccc(F)cc1)[C@H](CCCl)N(C(=O)c1ccc(Cl)cc1)N1C(=O)[C@@H]2C[C@@H](Br)[C@@H](Br)C[C@H]2C1=O. The first-order chi connectivity index (χ1) is 17.1. The van der Waals surface area contributed by atoms with Crippen LogP contribution in [0.15, 0.2) is 48.5 Å². The standard InChI is InChI=1S/C25H21Br2Cl2FN2O4/c26-19-11-17-18(12-20(19)27)25(36)32(24(17)35)31(23(34)14-1-5-15(29)6-2-14)21(9-10-28)22(33)13-3-7-16(30)8-4-13/h1-8,17-21H,9-12H2/t17-,18-,19-,20+,21+/m1/s1. The molecule has 11 heteroatoms. The van der Waals surface area contributed by atoms with Gasteiger partial charge in [-0.3, -0.25) is 19.2 Å². The molecule has 2 aliphatic rings. The van der Waals surface area contributed by atoms with E-state index in [4.69, 9.17) is 23.2 Å². The number of halogens is 5. The van der Waals surface area contributed by atoms with E-state index >= 15 is 0 Å². The summed E-state index contributed by atoms with van der Waals surface area (Å²) in [5, 5.41) is 2.16. The molecular weight excluding hydrogens is 642 g/mol. The van der Waals surface area contributed by atoms with Gasteiger partial charge in [-0.15, -0.1) is 11.6 Å². The van der Waals surface area contributed by atoms with Crippen LogP contribution >= 0.6 is 55.1 Å². The van der Waals surface area contributed by atoms with Crippen LogP contribution in [0.25, 0.3) is 0 Å². The molecule has 2 aromatic carbocycles. The van der Waals surface area contributed by atoms with E-state index in [1.165, 1.54) is 36.4 Å². The van der Waals surface area contributed by atoms with Crippen molar-refractivity contribution in [3.8, 4) is 0 Å². The molecule has 0 radical (unpaired) electrons. The minimum Gasteiger partial charge on any atom is -0.292 e.